The Bertz CT molecular complexity index is 314. The maximum absolute atomic E-state index is 11.6. The predicted octanol–water partition coefficient (Wildman–Crippen LogP) is 0.758. The molecule has 0 aromatic rings. The zero-order valence-corrected chi connectivity index (χ0v) is 10.3. The number of carbonyl (C=O) groups excluding carboxylic acids is 1. The average molecular weight is 241 g/mol. The Hall–Kier alpha value is -1.36. The van der Waals surface area contributed by atoms with Gasteiger partial charge in [0.15, 0.2) is 0 Å². The average Bonchev–Trinajstić information content (AvgIpc) is 2.65. The molecule has 1 fully saturated rings. The minimum atomic E-state index is -1.10. The Balaban J connectivity index is 2.47. The number of carboxylic acids is 1. The van der Waals surface area contributed by atoms with E-state index < -0.39 is 5.97 Å². The van der Waals surface area contributed by atoms with Crippen LogP contribution in [-0.4, -0.2) is 48.2 Å². The molecule has 1 N–H and O–H groups in total. The van der Waals surface area contributed by atoms with Gasteiger partial charge in [-0.25, -0.2) is 4.79 Å². The van der Waals surface area contributed by atoms with Gasteiger partial charge in [0.2, 0.25) is 5.91 Å². The summed E-state index contributed by atoms with van der Waals surface area (Å²) in [5.74, 6) is -0.601. The molecule has 1 saturated heterocycles. The molecule has 0 radical (unpaired) electrons. The number of rotatable bonds is 5. The first-order valence-corrected chi connectivity index (χ1v) is 5.82. The molecule has 0 unspecified atom stereocenters. The van der Waals surface area contributed by atoms with Crippen molar-refractivity contribution in [3.63, 3.8) is 0 Å². The van der Waals surface area contributed by atoms with Crippen molar-refractivity contribution in [2.75, 3.05) is 26.3 Å². The monoisotopic (exact) mass is 241 g/mol. The van der Waals surface area contributed by atoms with Crippen LogP contribution in [0.15, 0.2) is 12.2 Å². The molecule has 5 nitrogen and oxygen atoms in total. The molecule has 1 aliphatic heterocycles. The molecule has 0 bridgehead atoms. The molecule has 1 aliphatic rings. The molecule has 0 aliphatic carbocycles. The van der Waals surface area contributed by atoms with Gasteiger partial charge in [-0.05, 0) is 12.8 Å². The Morgan fingerprint density at radius 2 is 2.12 bits per heavy atom. The fourth-order valence-corrected chi connectivity index (χ4v) is 1.95. The number of nitrogens with zero attached hydrogens (tertiary/aromatic N) is 1. The van der Waals surface area contributed by atoms with Crippen LogP contribution in [0.4, 0.5) is 0 Å². The number of likely N-dealkylation sites (tertiary alicyclic amines) is 1. The minimum Gasteiger partial charge on any atom is -0.478 e. The lowest BCUT2D eigenvalue weighted by Gasteiger charge is -2.14. The van der Waals surface area contributed by atoms with Crippen LogP contribution in [0.25, 0.3) is 0 Å². The van der Waals surface area contributed by atoms with Crippen LogP contribution in [-0.2, 0) is 14.3 Å². The van der Waals surface area contributed by atoms with Crippen molar-refractivity contribution in [1.29, 1.82) is 0 Å². The third kappa shape index (κ3) is 4.19. The number of carboxylic acid groups (broad SMARTS) is 1. The summed E-state index contributed by atoms with van der Waals surface area (Å²) in [6.45, 7) is 6.67. The van der Waals surface area contributed by atoms with Crippen molar-refractivity contribution >= 4 is 11.9 Å². The number of hydrogen-bond acceptors (Lipinski definition) is 3. The van der Waals surface area contributed by atoms with Gasteiger partial charge in [0, 0.05) is 37.8 Å². The summed E-state index contributed by atoms with van der Waals surface area (Å²) in [5.41, 5.74) is 0. The van der Waals surface area contributed by atoms with Gasteiger partial charge in [-0.3, -0.25) is 4.79 Å². The summed E-state index contributed by atoms with van der Waals surface area (Å²) in [6.07, 6.45) is 1.99. The smallest absolute Gasteiger partial charge is 0.328 e. The fourth-order valence-electron chi connectivity index (χ4n) is 1.95. The second-order valence-electron chi connectivity index (χ2n) is 4.31. The molecular weight excluding hydrogens is 222 g/mol. The Kier molecular flexibility index (Phi) is 5.15. The van der Waals surface area contributed by atoms with Crippen molar-refractivity contribution in [1.82, 2.24) is 4.90 Å². The molecule has 5 heteroatoms. The summed E-state index contributed by atoms with van der Waals surface area (Å²) >= 11 is 0. The molecule has 1 heterocycles. The van der Waals surface area contributed by atoms with Gasteiger partial charge in [0.1, 0.15) is 0 Å². The number of aliphatic carboxylic acids is 1. The lowest BCUT2D eigenvalue weighted by atomic mass is 9.99. The van der Waals surface area contributed by atoms with Gasteiger partial charge in [-0.15, -0.1) is 0 Å². The van der Waals surface area contributed by atoms with E-state index >= 15 is 0 Å². The first kappa shape index (κ1) is 13.7. The van der Waals surface area contributed by atoms with Crippen LogP contribution in [0.2, 0.25) is 0 Å². The Morgan fingerprint density at radius 1 is 1.41 bits per heavy atom. The Morgan fingerprint density at radius 3 is 2.71 bits per heavy atom. The number of carbonyl (C=O) groups is 2. The summed E-state index contributed by atoms with van der Waals surface area (Å²) in [6, 6.07) is 0. The van der Waals surface area contributed by atoms with Crippen molar-refractivity contribution < 1.29 is 19.4 Å². The number of hydrogen-bond donors (Lipinski definition) is 1. The van der Waals surface area contributed by atoms with E-state index in [4.69, 9.17) is 9.84 Å². The summed E-state index contributed by atoms with van der Waals surface area (Å²) < 4.78 is 5.36. The summed E-state index contributed by atoms with van der Waals surface area (Å²) in [4.78, 5) is 23.6. The molecule has 0 spiro atoms. The lowest BCUT2D eigenvalue weighted by Crippen LogP contribution is -2.27. The zero-order valence-electron chi connectivity index (χ0n) is 10.3. The van der Waals surface area contributed by atoms with Gasteiger partial charge in [0.05, 0.1) is 6.61 Å². The van der Waals surface area contributed by atoms with E-state index in [1.54, 1.807) is 4.90 Å². The van der Waals surface area contributed by atoms with Crippen molar-refractivity contribution in [3.8, 4) is 0 Å². The van der Waals surface area contributed by atoms with Crippen molar-refractivity contribution in [2.45, 2.75) is 13.8 Å². The number of amides is 1. The maximum atomic E-state index is 11.6. The maximum Gasteiger partial charge on any atom is 0.328 e. The topological polar surface area (TPSA) is 66.8 Å². The fraction of sp³-hybridized carbons (Fsp3) is 0.667. The Labute approximate surface area is 101 Å². The standard InChI is InChI=1S/C12H19NO4/c1-3-17-8-10-7-13(6-9(10)2)11(14)4-5-12(15)16/h4-5,9-10H,3,6-8H2,1-2H3,(H,15,16)/b5-4+/t9-,10-/m1/s1. The second kappa shape index (κ2) is 6.39. The molecule has 0 aromatic carbocycles. The largest absolute Gasteiger partial charge is 0.478 e. The van der Waals surface area contributed by atoms with Crippen molar-refractivity contribution in [2.24, 2.45) is 11.8 Å². The second-order valence-corrected chi connectivity index (χ2v) is 4.31. The lowest BCUT2D eigenvalue weighted by molar-refractivity contribution is -0.132. The third-order valence-corrected chi connectivity index (χ3v) is 2.98. The van der Waals surface area contributed by atoms with Gasteiger partial charge in [-0.2, -0.15) is 0 Å². The zero-order chi connectivity index (χ0) is 12.8. The predicted molar refractivity (Wildman–Crippen MR) is 62.5 cm³/mol. The van der Waals surface area contributed by atoms with Crippen LogP contribution in [0, 0.1) is 11.8 Å². The van der Waals surface area contributed by atoms with E-state index in [-0.39, 0.29) is 5.91 Å². The molecule has 0 saturated carbocycles. The molecule has 1 amide bonds. The van der Waals surface area contributed by atoms with Crippen LogP contribution in [0.3, 0.4) is 0 Å². The van der Waals surface area contributed by atoms with E-state index in [0.717, 1.165) is 12.2 Å². The third-order valence-electron chi connectivity index (χ3n) is 2.98. The van der Waals surface area contributed by atoms with Crippen LogP contribution in [0.5, 0.6) is 0 Å². The molecule has 96 valence electrons. The van der Waals surface area contributed by atoms with Crippen LogP contribution < -0.4 is 0 Å². The van der Waals surface area contributed by atoms with Gasteiger partial charge in [-0.1, -0.05) is 6.92 Å². The molecule has 17 heavy (non-hydrogen) atoms. The van der Waals surface area contributed by atoms with Gasteiger partial charge < -0.3 is 14.7 Å². The van der Waals surface area contributed by atoms with Gasteiger partial charge in [0.25, 0.3) is 0 Å². The highest BCUT2D eigenvalue weighted by atomic mass is 16.5. The normalized spacial score (nSPS) is 24.5. The first-order valence-electron chi connectivity index (χ1n) is 5.82. The van der Waals surface area contributed by atoms with Crippen molar-refractivity contribution in [3.05, 3.63) is 12.2 Å². The minimum absolute atomic E-state index is 0.238. The quantitative estimate of drug-likeness (QED) is 0.721. The molecule has 0 aromatic heterocycles. The molecular formula is C12H19NO4. The van der Waals surface area contributed by atoms with E-state index in [0.29, 0.717) is 38.1 Å². The van der Waals surface area contributed by atoms with E-state index in [2.05, 4.69) is 6.92 Å². The number of ether oxygens (including phenoxy) is 1. The summed E-state index contributed by atoms with van der Waals surface area (Å²) in [7, 11) is 0. The summed E-state index contributed by atoms with van der Waals surface area (Å²) in [5, 5.41) is 8.45. The van der Waals surface area contributed by atoms with Gasteiger partial charge >= 0.3 is 5.97 Å². The molecule has 2 atom stereocenters. The first-order chi connectivity index (χ1) is 8.04. The van der Waals surface area contributed by atoms with Crippen LogP contribution in [0.1, 0.15) is 13.8 Å². The van der Waals surface area contributed by atoms with E-state index in [1.807, 2.05) is 6.92 Å². The van der Waals surface area contributed by atoms with E-state index in [9.17, 15) is 9.59 Å². The highest BCUT2D eigenvalue weighted by molar-refractivity contribution is 5.94. The van der Waals surface area contributed by atoms with E-state index in [1.165, 1.54) is 0 Å². The van der Waals surface area contributed by atoms with Crippen LogP contribution >= 0.6 is 0 Å². The SMILES string of the molecule is CCOC[C@H]1CN(C(=O)/C=C/C(=O)O)C[C@H]1C. The highest BCUT2D eigenvalue weighted by Gasteiger charge is 2.31. The molecule has 1 rings (SSSR count). The highest BCUT2D eigenvalue weighted by Crippen LogP contribution is 2.23.